The zero-order chi connectivity index (χ0) is 13.7. The lowest BCUT2D eigenvalue weighted by atomic mass is 10.2. The molecular weight excluding hydrogens is 266 g/mol. The molecule has 1 aromatic rings. The summed E-state index contributed by atoms with van der Waals surface area (Å²) in [6.07, 6.45) is 1.21. The van der Waals surface area contributed by atoms with Gasteiger partial charge in [-0.2, -0.15) is 8.42 Å². The minimum atomic E-state index is -3.63. The molecule has 0 spiro atoms. The molecule has 1 aliphatic rings. The average Bonchev–Trinajstić information content (AvgIpc) is 2.40. The molecule has 1 fully saturated rings. The fourth-order valence-corrected chi connectivity index (χ4v) is 2.43. The van der Waals surface area contributed by atoms with E-state index in [2.05, 4.69) is 9.82 Å². The van der Waals surface area contributed by atoms with Gasteiger partial charge in [0.1, 0.15) is 6.34 Å². The fourth-order valence-electron chi connectivity index (χ4n) is 1.64. The second kappa shape index (κ2) is 6.14. The van der Waals surface area contributed by atoms with Gasteiger partial charge < -0.3 is 10.2 Å². The maximum Gasteiger partial charge on any atom is 0.283 e. The van der Waals surface area contributed by atoms with E-state index in [-0.39, 0.29) is 4.90 Å². The Hall–Kier alpha value is -1.44. The average molecular weight is 283 g/mol. The first-order valence-electron chi connectivity index (χ1n) is 6.02. The highest BCUT2D eigenvalue weighted by atomic mass is 32.2. The van der Waals surface area contributed by atoms with Crippen LogP contribution in [-0.2, 0) is 14.8 Å². The Morgan fingerprint density at radius 1 is 1.26 bits per heavy atom. The van der Waals surface area contributed by atoms with Gasteiger partial charge in [-0.3, -0.25) is 0 Å². The van der Waals surface area contributed by atoms with Gasteiger partial charge in [0, 0.05) is 13.1 Å². The Balaban J connectivity index is 1.98. The van der Waals surface area contributed by atoms with Crippen LogP contribution in [-0.4, -0.2) is 46.1 Å². The second-order valence-corrected chi connectivity index (χ2v) is 5.88. The Morgan fingerprint density at radius 2 is 1.89 bits per heavy atom. The van der Waals surface area contributed by atoms with Gasteiger partial charge in [0.15, 0.2) is 0 Å². The molecule has 7 heteroatoms. The van der Waals surface area contributed by atoms with Crippen LogP contribution in [0.25, 0.3) is 0 Å². The smallest absolute Gasteiger partial charge is 0.283 e. The molecule has 2 rings (SSSR count). The molecule has 6 nitrogen and oxygen atoms in total. The summed E-state index contributed by atoms with van der Waals surface area (Å²) in [4.78, 5) is 0.193. The number of hydrazine groups is 1. The molecule has 0 unspecified atom stereocenters. The third-order valence-corrected chi connectivity index (χ3v) is 4.01. The third kappa shape index (κ3) is 4.02. The molecular formula is C12H17N3O3S. The summed E-state index contributed by atoms with van der Waals surface area (Å²) < 4.78 is 32.6. The van der Waals surface area contributed by atoms with E-state index in [1.54, 1.807) is 24.3 Å². The van der Waals surface area contributed by atoms with Crippen LogP contribution < -0.4 is 5.43 Å². The van der Waals surface area contributed by atoms with Gasteiger partial charge in [0.25, 0.3) is 10.0 Å². The van der Waals surface area contributed by atoms with E-state index in [0.29, 0.717) is 26.3 Å². The summed E-state index contributed by atoms with van der Waals surface area (Å²) >= 11 is 0. The molecule has 0 aliphatic carbocycles. The highest BCUT2D eigenvalue weighted by Gasteiger charge is 2.12. The van der Waals surface area contributed by atoms with Crippen LogP contribution in [0.15, 0.2) is 33.6 Å². The molecule has 0 atom stereocenters. The summed E-state index contributed by atoms with van der Waals surface area (Å²) in [5.41, 5.74) is 3.85. The topological polar surface area (TPSA) is 71.0 Å². The number of hydrogen-bond donors (Lipinski definition) is 1. The van der Waals surface area contributed by atoms with Gasteiger partial charge in [0.2, 0.25) is 0 Å². The fraction of sp³-hybridized carbons (Fsp3) is 0.417. The van der Waals surface area contributed by atoms with Crippen molar-refractivity contribution in [2.24, 2.45) is 4.40 Å². The van der Waals surface area contributed by atoms with Crippen LogP contribution >= 0.6 is 0 Å². The first-order valence-corrected chi connectivity index (χ1v) is 7.46. The quantitative estimate of drug-likeness (QED) is 0.645. The normalized spacial score (nSPS) is 17.7. The number of rotatable bonds is 4. The van der Waals surface area contributed by atoms with E-state index < -0.39 is 10.0 Å². The molecule has 1 heterocycles. The molecule has 1 aliphatic heterocycles. The molecule has 0 amide bonds. The highest BCUT2D eigenvalue weighted by Crippen LogP contribution is 2.12. The van der Waals surface area contributed by atoms with Crippen molar-refractivity contribution in [3.63, 3.8) is 0 Å². The van der Waals surface area contributed by atoms with E-state index in [9.17, 15) is 8.42 Å². The van der Waals surface area contributed by atoms with Crippen molar-refractivity contribution >= 4 is 16.4 Å². The molecule has 104 valence electrons. The lowest BCUT2D eigenvalue weighted by Gasteiger charge is -2.25. The van der Waals surface area contributed by atoms with Crippen molar-refractivity contribution in [3.05, 3.63) is 29.8 Å². The van der Waals surface area contributed by atoms with Crippen molar-refractivity contribution in [1.29, 1.82) is 0 Å². The van der Waals surface area contributed by atoms with E-state index in [4.69, 9.17) is 4.74 Å². The minimum absolute atomic E-state index is 0.193. The second-order valence-electron chi connectivity index (χ2n) is 4.25. The molecule has 1 N–H and O–H groups in total. The molecule has 0 radical (unpaired) electrons. The van der Waals surface area contributed by atoms with Crippen molar-refractivity contribution < 1.29 is 13.2 Å². The van der Waals surface area contributed by atoms with Crippen LogP contribution in [0.2, 0.25) is 0 Å². The molecule has 19 heavy (non-hydrogen) atoms. The first-order chi connectivity index (χ1) is 9.08. The predicted molar refractivity (Wildman–Crippen MR) is 72.4 cm³/mol. The summed E-state index contributed by atoms with van der Waals surface area (Å²) in [5, 5.41) is 1.86. The Bertz CT molecular complexity index is 534. The highest BCUT2D eigenvalue weighted by molar-refractivity contribution is 7.90. The lowest BCUT2D eigenvalue weighted by Crippen LogP contribution is -2.45. The van der Waals surface area contributed by atoms with Gasteiger partial charge in [-0.15, -0.1) is 4.40 Å². The molecule has 0 bridgehead atoms. The van der Waals surface area contributed by atoms with Crippen LogP contribution in [0.4, 0.5) is 0 Å². The van der Waals surface area contributed by atoms with E-state index in [1.807, 2.05) is 11.9 Å². The number of sulfonamides is 1. The number of nitrogens with zero attached hydrogens (tertiary/aromatic N) is 2. The van der Waals surface area contributed by atoms with Gasteiger partial charge in [0.05, 0.1) is 18.1 Å². The number of ether oxygens (including phenoxy) is 1. The Labute approximate surface area is 113 Å². The lowest BCUT2D eigenvalue weighted by molar-refractivity contribution is 0.0257. The SMILES string of the molecule is Cc1ccc(S(=O)(=O)N=CNN2CCOCC2)cc1. The standard InChI is InChI=1S/C12H17N3O3S/c1-11-2-4-12(5-3-11)19(16,17)14-10-13-15-6-8-18-9-7-15/h2-5,10H,6-9H2,1H3,(H,13,14). The van der Waals surface area contributed by atoms with Gasteiger partial charge in [-0.1, -0.05) is 17.7 Å². The van der Waals surface area contributed by atoms with Crippen molar-refractivity contribution in [3.8, 4) is 0 Å². The molecule has 0 aromatic heterocycles. The van der Waals surface area contributed by atoms with Crippen molar-refractivity contribution in [1.82, 2.24) is 10.4 Å². The summed E-state index contributed by atoms with van der Waals surface area (Å²) in [6.45, 7) is 4.57. The number of nitrogens with one attached hydrogen (secondary N) is 1. The van der Waals surface area contributed by atoms with E-state index in [0.717, 1.165) is 5.56 Å². The van der Waals surface area contributed by atoms with Crippen LogP contribution in [0, 0.1) is 6.92 Å². The maximum absolute atomic E-state index is 11.9. The number of aryl methyl sites for hydroxylation is 1. The summed E-state index contributed by atoms with van der Waals surface area (Å²) in [6, 6.07) is 6.60. The van der Waals surface area contributed by atoms with Crippen LogP contribution in [0.3, 0.4) is 0 Å². The molecule has 0 saturated carbocycles. The number of benzene rings is 1. The predicted octanol–water partition coefficient (Wildman–Crippen LogP) is 0.549. The van der Waals surface area contributed by atoms with Crippen LogP contribution in [0.1, 0.15) is 5.56 Å². The number of hydrogen-bond acceptors (Lipinski definition) is 4. The zero-order valence-corrected chi connectivity index (χ0v) is 11.6. The van der Waals surface area contributed by atoms with Gasteiger partial charge in [-0.25, -0.2) is 5.01 Å². The maximum atomic E-state index is 11.9. The van der Waals surface area contributed by atoms with Gasteiger partial charge in [-0.05, 0) is 19.1 Å². The van der Waals surface area contributed by atoms with Crippen molar-refractivity contribution in [2.45, 2.75) is 11.8 Å². The molecule has 1 saturated heterocycles. The molecule has 1 aromatic carbocycles. The Kier molecular flexibility index (Phi) is 4.52. The number of morpholine rings is 1. The van der Waals surface area contributed by atoms with E-state index >= 15 is 0 Å². The Morgan fingerprint density at radius 3 is 2.53 bits per heavy atom. The summed E-state index contributed by atoms with van der Waals surface area (Å²) in [5.74, 6) is 0. The third-order valence-electron chi connectivity index (χ3n) is 2.76. The van der Waals surface area contributed by atoms with Gasteiger partial charge >= 0.3 is 0 Å². The summed E-state index contributed by atoms with van der Waals surface area (Å²) in [7, 11) is -3.63. The minimum Gasteiger partial charge on any atom is -0.379 e. The first kappa shape index (κ1) is 14.0. The van der Waals surface area contributed by atoms with Crippen molar-refractivity contribution in [2.75, 3.05) is 26.3 Å². The zero-order valence-electron chi connectivity index (χ0n) is 10.7. The van der Waals surface area contributed by atoms with Crippen LogP contribution in [0.5, 0.6) is 0 Å². The monoisotopic (exact) mass is 283 g/mol. The largest absolute Gasteiger partial charge is 0.379 e. The van der Waals surface area contributed by atoms with E-state index in [1.165, 1.54) is 6.34 Å².